The standard InChI is InChI=1S/C4H9NO3S2/c1-2(6)3(7)4(8)5(9)10/h2-3,6-7,9-10H,1H3. The van der Waals surface area contributed by atoms with Crippen LogP contribution in [0.5, 0.6) is 0 Å². The van der Waals surface area contributed by atoms with E-state index in [0.717, 1.165) is 0 Å². The molecule has 0 bridgehead atoms. The highest BCUT2D eigenvalue weighted by Gasteiger charge is 2.22. The smallest absolute Gasteiger partial charge is 0.273 e. The third kappa shape index (κ3) is 2.78. The quantitative estimate of drug-likeness (QED) is 0.426. The predicted molar refractivity (Wildman–Crippen MR) is 42.5 cm³/mol. The Morgan fingerprint density at radius 1 is 1.50 bits per heavy atom. The lowest BCUT2D eigenvalue weighted by molar-refractivity contribution is -0.136. The minimum absolute atomic E-state index is 0.622. The van der Waals surface area contributed by atoms with Crippen LogP contribution in [-0.4, -0.2) is 32.0 Å². The van der Waals surface area contributed by atoms with Gasteiger partial charge in [0, 0.05) is 0 Å². The molecule has 0 fully saturated rings. The maximum Gasteiger partial charge on any atom is 0.273 e. The second-order valence-corrected chi connectivity index (χ2v) is 2.93. The lowest BCUT2D eigenvalue weighted by Crippen LogP contribution is -2.36. The molecule has 2 N–H and O–H groups in total. The first-order chi connectivity index (χ1) is 4.46. The third-order valence-corrected chi connectivity index (χ3v) is 1.30. The van der Waals surface area contributed by atoms with Crippen molar-refractivity contribution < 1.29 is 15.0 Å². The SMILES string of the molecule is CC(O)C(O)C(=O)N(S)S. The number of hydrogen-bond donors (Lipinski definition) is 4. The summed E-state index contributed by atoms with van der Waals surface area (Å²) in [6, 6.07) is 0. The zero-order valence-electron chi connectivity index (χ0n) is 5.30. The van der Waals surface area contributed by atoms with Crippen molar-refractivity contribution in [2.24, 2.45) is 0 Å². The molecule has 4 nitrogen and oxygen atoms in total. The summed E-state index contributed by atoms with van der Waals surface area (Å²) in [5.41, 5.74) is 0. The predicted octanol–water partition coefficient (Wildman–Crippen LogP) is -0.754. The van der Waals surface area contributed by atoms with Crippen LogP contribution in [0.3, 0.4) is 0 Å². The fourth-order valence-corrected chi connectivity index (χ4v) is 0.561. The maximum atomic E-state index is 10.6. The first kappa shape index (κ1) is 10.1. The van der Waals surface area contributed by atoms with E-state index in [2.05, 4.69) is 25.6 Å². The number of carbonyl (C=O) groups excluding carboxylic acids is 1. The Bertz CT molecular complexity index is 128. The third-order valence-electron chi connectivity index (χ3n) is 0.907. The van der Waals surface area contributed by atoms with Gasteiger partial charge in [0.2, 0.25) is 0 Å². The number of hydrogen-bond acceptors (Lipinski definition) is 5. The van der Waals surface area contributed by atoms with Crippen molar-refractivity contribution in [3.63, 3.8) is 0 Å². The molecule has 0 radical (unpaired) electrons. The van der Waals surface area contributed by atoms with Crippen molar-refractivity contribution in [1.29, 1.82) is 0 Å². The van der Waals surface area contributed by atoms with Crippen LogP contribution >= 0.6 is 25.6 Å². The van der Waals surface area contributed by atoms with Crippen molar-refractivity contribution in [3.8, 4) is 0 Å². The Morgan fingerprint density at radius 2 is 1.90 bits per heavy atom. The van der Waals surface area contributed by atoms with Crippen LogP contribution in [0.25, 0.3) is 0 Å². The van der Waals surface area contributed by atoms with Gasteiger partial charge >= 0.3 is 0 Å². The molecule has 0 aromatic rings. The van der Waals surface area contributed by atoms with E-state index in [0.29, 0.717) is 3.71 Å². The van der Waals surface area contributed by atoms with Crippen LogP contribution in [0.1, 0.15) is 6.92 Å². The number of thiol groups is 2. The van der Waals surface area contributed by atoms with E-state index < -0.39 is 18.1 Å². The highest BCUT2D eigenvalue weighted by molar-refractivity contribution is 7.94. The molecule has 0 aromatic carbocycles. The number of aliphatic hydroxyl groups is 2. The van der Waals surface area contributed by atoms with Gasteiger partial charge in [-0.2, -0.15) is 0 Å². The fraction of sp³-hybridized carbons (Fsp3) is 0.750. The van der Waals surface area contributed by atoms with Gasteiger partial charge in [0.1, 0.15) is 0 Å². The lowest BCUT2D eigenvalue weighted by Gasteiger charge is -2.15. The van der Waals surface area contributed by atoms with Crippen molar-refractivity contribution in [3.05, 3.63) is 0 Å². The fourth-order valence-electron chi connectivity index (χ4n) is 0.325. The highest BCUT2D eigenvalue weighted by atomic mass is 32.2. The Balaban J connectivity index is 3.95. The Hall–Kier alpha value is 0.0900. The molecule has 0 spiro atoms. The van der Waals surface area contributed by atoms with E-state index in [4.69, 9.17) is 10.2 Å². The minimum Gasteiger partial charge on any atom is -0.390 e. The van der Waals surface area contributed by atoms with Crippen molar-refractivity contribution >= 4 is 31.5 Å². The molecule has 2 atom stereocenters. The average molecular weight is 183 g/mol. The Morgan fingerprint density at radius 3 is 2.00 bits per heavy atom. The number of amides is 1. The lowest BCUT2D eigenvalue weighted by atomic mass is 10.2. The van der Waals surface area contributed by atoms with Gasteiger partial charge in [-0.05, 0) is 6.92 Å². The molecule has 0 aliphatic heterocycles. The molecule has 10 heavy (non-hydrogen) atoms. The summed E-state index contributed by atoms with van der Waals surface area (Å²) < 4.78 is 0.622. The molecule has 0 aliphatic carbocycles. The zero-order chi connectivity index (χ0) is 8.31. The summed E-state index contributed by atoms with van der Waals surface area (Å²) in [7, 11) is 0. The summed E-state index contributed by atoms with van der Waals surface area (Å²) in [5, 5.41) is 17.5. The van der Waals surface area contributed by atoms with Gasteiger partial charge in [0.25, 0.3) is 5.91 Å². The molecule has 0 heterocycles. The normalized spacial score (nSPS) is 16.1. The van der Waals surface area contributed by atoms with E-state index in [1.54, 1.807) is 0 Å². The number of nitrogens with zero attached hydrogens (tertiary/aromatic N) is 1. The average Bonchev–Trinajstić information content (AvgIpc) is 1.84. The van der Waals surface area contributed by atoms with Gasteiger partial charge in [-0.25, -0.2) is 3.71 Å². The second kappa shape index (κ2) is 4.07. The van der Waals surface area contributed by atoms with E-state index in [9.17, 15) is 4.79 Å². The minimum atomic E-state index is -1.45. The van der Waals surface area contributed by atoms with Crippen LogP contribution in [0.4, 0.5) is 0 Å². The topological polar surface area (TPSA) is 60.8 Å². The van der Waals surface area contributed by atoms with Gasteiger partial charge < -0.3 is 10.2 Å². The summed E-state index contributed by atoms with van der Waals surface area (Å²) in [5.74, 6) is -0.748. The van der Waals surface area contributed by atoms with Crippen LogP contribution in [0, 0.1) is 0 Å². The van der Waals surface area contributed by atoms with Gasteiger partial charge in [0.05, 0.1) is 6.10 Å². The van der Waals surface area contributed by atoms with Gasteiger partial charge in [0.15, 0.2) is 6.10 Å². The Kier molecular flexibility index (Phi) is 4.11. The molecule has 0 saturated carbocycles. The molecule has 60 valence electrons. The van der Waals surface area contributed by atoms with Crippen molar-refractivity contribution in [2.75, 3.05) is 0 Å². The first-order valence-corrected chi connectivity index (χ1v) is 3.34. The molecular formula is C4H9NO3S2. The summed E-state index contributed by atoms with van der Waals surface area (Å²) in [6.45, 7) is 1.30. The molecule has 0 aliphatic rings. The van der Waals surface area contributed by atoms with Gasteiger partial charge in [-0.15, -0.1) is 0 Å². The highest BCUT2D eigenvalue weighted by Crippen LogP contribution is 2.04. The number of rotatable bonds is 2. The summed E-state index contributed by atoms with van der Waals surface area (Å²) in [6.07, 6.45) is -2.55. The number of aliphatic hydroxyl groups excluding tert-OH is 2. The molecule has 2 unspecified atom stereocenters. The van der Waals surface area contributed by atoms with Gasteiger partial charge in [-0.1, -0.05) is 25.6 Å². The molecule has 0 saturated heterocycles. The van der Waals surface area contributed by atoms with E-state index in [-0.39, 0.29) is 0 Å². The van der Waals surface area contributed by atoms with Crippen LogP contribution in [0.2, 0.25) is 0 Å². The monoisotopic (exact) mass is 183 g/mol. The molecule has 0 aromatic heterocycles. The van der Waals surface area contributed by atoms with Crippen LogP contribution < -0.4 is 0 Å². The largest absolute Gasteiger partial charge is 0.390 e. The summed E-state index contributed by atoms with van der Waals surface area (Å²) >= 11 is 7.01. The Labute approximate surface area is 69.9 Å². The maximum absolute atomic E-state index is 10.6. The molecule has 1 amide bonds. The number of carbonyl (C=O) groups is 1. The molecule has 6 heteroatoms. The zero-order valence-corrected chi connectivity index (χ0v) is 7.09. The van der Waals surface area contributed by atoms with Gasteiger partial charge in [-0.3, -0.25) is 4.79 Å². The van der Waals surface area contributed by atoms with Crippen molar-refractivity contribution in [2.45, 2.75) is 19.1 Å². The van der Waals surface area contributed by atoms with E-state index in [1.807, 2.05) is 0 Å². The van der Waals surface area contributed by atoms with Crippen molar-refractivity contribution in [1.82, 2.24) is 3.71 Å². The molecular weight excluding hydrogens is 174 g/mol. The first-order valence-electron chi connectivity index (χ1n) is 2.54. The van der Waals surface area contributed by atoms with Crippen LogP contribution in [-0.2, 0) is 4.79 Å². The second-order valence-electron chi connectivity index (χ2n) is 1.81. The van der Waals surface area contributed by atoms with Crippen LogP contribution in [0.15, 0.2) is 0 Å². The molecule has 0 rings (SSSR count). The summed E-state index contributed by atoms with van der Waals surface area (Å²) in [4.78, 5) is 10.6. The van der Waals surface area contributed by atoms with E-state index >= 15 is 0 Å². The van der Waals surface area contributed by atoms with E-state index in [1.165, 1.54) is 6.92 Å².